The number of hydrogen-bond donors (Lipinski definition) is 2. The highest BCUT2D eigenvalue weighted by atomic mass is 16.5. The summed E-state index contributed by atoms with van der Waals surface area (Å²) in [4.78, 5) is 12.2. The van der Waals surface area contributed by atoms with Crippen LogP contribution >= 0.6 is 0 Å². The summed E-state index contributed by atoms with van der Waals surface area (Å²) in [6.07, 6.45) is 8.36. The summed E-state index contributed by atoms with van der Waals surface area (Å²) in [5.74, 6) is 1.45. The Balaban J connectivity index is 1.91. The van der Waals surface area contributed by atoms with Gasteiger partial charge in [0.1, 0.15) is 0 Å². The smallest absolute Gasteiger partial charge is 0.258 e. The lowest BCUT2D eigenvalue weighted by Crippen LogP contribution is -2.46. The quantitative estimate of drug-likeness (QED) is 0.805. The highest BCUT2D eigenvalue weighted by Crippen LogP contribution is 2.28. The van der Waals surface area contributed by atoms with Crippen LogP contribution in [0.2, 0.25) is 0 Å². The maximum Gasteiger partial charge on any atom is 0.258 e. The molecule has 24 heavy (non-hydrogen) atoms. The average molecular weight is 332 g/mol. The molecule has 1 aromatic carbocycles. The Bertz CT molecular complexity index is 572. The van der Waals surface area contributed by atoms with Gasteiger partial charge in [-0.15, -0.1) is 0 Å². The number of allylic oxidation sites excluding steroid dienone is 1. The largest absolute Gasteiger partial charge is 0.493 e. The second-order valence-corrected chi connectivity index (χ2v) is 6.15. The van der Waals surface area contributed by atoms with Gasteiger partial charge in [0.15, 0.2) is 18.1 Å². The molecular weight excluding hydrogens is 304 g/mol. The monoisotopic (exact) mass is 332 g/mol. The number of ether oxygens (including phenoxy) is 2. The van der Waals surface area contributed by atoms with Crippen molar-refractivity contribution in [2.24, 2.45) is 11.7 Å². The van der Waals surface area contributed by atoms with E-state index < -0.39 is 0 Å². The number of methoxy groups -OCH3 is 1. The number of benzene rings is 1. The summed E-state index contributed by atoms with van der Waals surface area (Å²) in [7, 11) is 1.59. The van der Waals surface area contributed by atoms with E-state index in [0.29, 0.717) is 24.0 Å². The summed E-state index contributed by atoms with van der Waals surface area (Å²) in [6, 6.07) is 5.81. The van der Waals surface area contributed by atoms with E-state index in [-0.39, 0.29) is 18.6 Å². The van der Waals surface area contributed by atoms with Crippen LogP contribution in [0, 0.1) is 5.92 Å². The number of carbonyl (C=O) groups excluding carboxylic acids is 1. The minimum absolute atomic E-state index is 0.0207. The van der Waals surface area contributed by atoms with Crippen LogP contribution in [0.5, 0.6) is 11.5 Å². The Hall–Kier alpha value is -2.01. The van der Waals surface area contributed by atoms with Gasteiger partial charge in [0, 0.05) is 6.04 Å². The van der Waals surface area contributed by atoms with Gasteiger partial charge in [0.25, 0.3) is 5.91 Å². The Morgan fingerprint density at radius 3 is 2.83 bits per heavy atom. The molecule has 0 bridgehead atoms. The Morgan fingerprint density at radius 1 is 1.33 bits per heavy atom. The molecule has 0 radical (unpaired) electrons. The molecule has 2 atom stereocenters. The lowest BCUT2D eigenvalue weighted by Gasteiger charge is -2.31. The normalized spacial score (nSPS) is 20.8. The van der Waals surface area contributed by atoms with E-state index in [4.69, 9.17) is 15.2 Å². The van der Waals surface area contributed by atoms with Crippen molar-refractivity contribution in [2.75, 3.05) is 20.3 Å². The molecule has 1 aliphatic rings. The highest BCUT2D eigenvalue weighted by molar-refractivity contribution is 5.78. The van der Waals surface area contributed by atoms with Crippen molar-refractivity contribution < 1.29 is 14.3 Å². The fourth-order valence-electron chi connectivity index (χ4n) is 3.17. The summed E-state index contributed by atoms with van der Waals surface area (Å²) in [5.41, 5.74) is 6.83. The fraction of sp³-hybridized carbons (Fsp3) is 0.526. The third-order valence-electron chi connectivity index (χ3n) is 4.46. The standard InChI is InChI=1S/C19H28N2O3/c1-3-6-14-9-10-17(18(11-14)23-2)24-13-19(22)21-16-8-5-4-7-15(16)12-20/h3,6,9-11,15-16H,4-5,7-8,12-13,20H2,1-2H3,(H,21,22)/b6-3+. The van der Waals surface area contributed by atoms with Gasteiger partial charge in [-0.05, 0) is 49.9 Å². The van der Waals surface area contributed by atoms with Gasteiger partial charge in [0.2, 0.25) is 0 Å². The molecular formula is C19H28N2O3. The number of nitrogens with two attached hydrogens (primary N) is 1. The van der Waals surface area contributed by atoms with Crippen molar-refractivity contribution in [3.8, 4) is 11.5 Å². The molecule has 3 N–H and O–H groups in total. The third kappa shape index (κ3) is 4.99. The molecule has 0 aliphatic heterocycles. The molecule has 5 nitrogen and oxygen atoms in total. The fourth-order valence-corrected chi connectivity index (χ4v) is 3.17. The predicted molar refractivity (Wildman–Crippen MR) is 96.1 cm³/mol. The SMILES string of the molecule is C/C=C/c1ccc(OCC(=O)NC2CCCCC2CN)c(OC)c1. The summed E-state index contributed by atoms with van der Waals surface area (Å²) in [5, 5.41) is 3.06. The third-order valence-corrected chi connectivity index (χ3v) is 4.46. The molecule has 1 fully saturated rings. The van der Waals surface area contributed by atoms with Crippen molar-refractivity contribution in [3.05, 3.63) is 29.8 Å². The van der Waals surface area contributed by atoms with E-state index in [1.807, 2.05) is 37.3 Å². The van der Waals surface area contributed by atoms with Gasteiger partial charge in [0.05, 0.1) is 7.11 Å². The molecule has 1 saturated carbocycles. The first kappa shape index (κ1) is 18.3. The Morgan fingerprint density at radius 2 is 2.12 bits per heavy atom. The van der Waals surface area contributed by atoms with Crippen molar-refractivity contribution in [2.45, 2.75) is 38.6 Å². The van der Waals surface area contributed by atoms with Crippen LogP contribution in [-0.2, 0) is 4.79 Å². The maximum absolute atomic E-state index is 12.2. The molecule has 1 aromatic rings. The van der Waals surface area contributed by atoms with Gasteiger partial charge in [-0.3, -0.25) is 4.79 Å². The molecule has 1 amide bonds. The topological polar surface area (TPSA) is 73.6 Å². The van der Waals surface area contributed by atoms with E-state index in [9.17, 15) is 4.79 Å². The summed E-state index contributed by atoms with van der Waals surface area (Å²) in [6.45, 7) is 2.56. The predicted octanol–water partition coefficient (Wildman–Crippen LogP) is 2.74. The van der Waals surface area contributed by atoms with Gasteiger partial charge in [-0.2, -0.15) is 0 Å². The molecule has 0 aromatic heterocycles. The lowest BCUT2D eigenvalue weighted by atomic mass is 9.84. The number of rotatable bonds is 7. The van der Waals surface area contributed by atoms with Crippen LogP contribution in [0.1, 0.15) is 38.2 Å². The van der Waals surface area contributed by atoms with Gasteiger partial charge < -0.3 is 20.5 Å². The van der Waals surface area contributed by atoms with E-state index >= 15 is 0 Å². The Labute approximate surface area is 144 Å². The molecule has 2 unspecified atom stereocenters. The summed E-state index contributed by atoms with van der Waals surface area (Å²) >= 11 is 0. The van der Waals surface area contributed by atoms with Crippen LogP contribution in [0.15, 0.2) is 24.3 Å². The van der Waals surface area contributed by atoms with E-state index in [0.717, 1.165) is 24.8 Å². The van der Waals surface area contributed by atoms with Crippen molar-refractivity contribution in [1.82, 2.24) is 5.32 Å². The molecule has 2 rings (SSSR count). The van der Waals surface area contributed by atoms with Gasteiger partial charge in [-0.25, -0.2) is 0 Å². The van der Waals surface area contributed by atoms with Crippen LogP contribution in [0.25, 0.3) is 6.08 Å². The molecule has 5 heteroatoms. The first-order valence-electron chi connectivity index (χ1n) is 8.61. The molecule has 1 aliphatic carbocycles. The van der Waals surface area contributed by atoms with Gasteiger partial charge in [-0.1, -0.05) is 31.1 Å². The first-order chi connectivity index (χ1) is 11.7. The average Bonchev–Trinajstić information content (AvgIpc) is 2.61. The highest BCUT2D eigenvalue weighted by Gasteiger charge is 2.25. The molecule has 0 saturated heterocycles. The Kier molecular flexibility index (Phi) is 7.12. The first-order valence-corrected chi connectivity index (χ1v) is 8.61. The van der Waals surface area contributed by atoms with E-state index in [1.165, 1.54) is 6.42 Å². The van der Waals surface area contributed by atoms with Crippen LogP contribution in [0.3, 0.4) is 0 Å². The van der Waals surface area contributed by atoms with Crippen molar-refractivity contribution >= 4 is 12.0 Å². The molecule has 0 heterocycles. The summed E-state index contributed by atoms with van der Waals surface area (Å²) < 4.78 is 11.0. The molecule has 132 valence electrons. The zero-order valence-electron chi connectivity index (χ0n) is 14.6. The second-order valence-electron chi connectivity index (χ2n) is 6.15. The van der Waals surface area contributed by atoms with E-state index in [1.54, 1.807) is 7.11 Å². The number of nitrogens with one attached hydrogen (secondary N) is 1. The minimum Gasteiger partial charge on any atom is -0.493 e. The maximum atomic E-state index is 12.2. The van der Waals surface area contributed by atoms with E-state index in [2.05, 4.69) is 5.32 Å². The number of amides is 1. The molecule has 0 spiro atoms. The number of carbonyl (C=O) groups is 1. The number of hydrogen-bond acceptors (Lipinski definition) is 4. The lowest BCUT2D eigenvalue weighted by molar-refractivity contribution is -0.124. The van der Waals surface area contributed by atoms with Crippen LogP contribution in [0.4, 0.5) is 0 Å². The zero-order valence-corrected chi connectivity index (χ0v) is 14.6. The zero-order chi connectivity index (χ0) is 17.4. The van der Waals surface area contributed by atoms with Crippen molar-refractivity contribution in [3.63, 3.8) is 0 Å². The second kappa shape index (κ2) is 9.33. The minimum atomic E-state index is -0.111. The van der Waals surface area contributed by atoms with Crippen LogP contribution < -0.4 is 20.5 Å². The van der Waals surface area contributed by atoms with Gasteiger partial charge >= 0.3 is 0 Å². The van der Waals surface area contributed by atoms with Crippen LogP contribution in [-0.4, -0.2) is 32.2 Å². The van der Waals surface area contributed by atoms with Crippen molar-refractivity contribution in [1.29, 1.82) is 0 Å².